The van der Waals surface area contributed by atoms with Crippen molar-refractivity contribution in [3.8, 4) is 5.75 Å². The molecular weight excluding hydrogens is 406 g/mol. The van der Waals surface area contributed by atoms with Crippen molar-refractivity contribution in [2.75, 3.05) is 18.5 Å². The summed E-state index contributed by atoms with van der Waals surface area (Å²) in [5, 5.41) is 5.75. The molecular formula is C22H28ClN3O4. The second-order valence-electron chi connectivity index (χ2n) is 7.74. The van der Waals surface area contributed by atoms with Gasteiger partial charge >= 0.3 is 6.09 Å². The summed E-state index contributed by atoms with van der Waals surface area (Å²) in [6.07, 6.45) is -0.513. The molecule has 0 bridgehead atoms. The van der Waals surface area contributed by atoms with Crippen LogP contribution in [0.2, 0.25) is 5.02 Å². The number of carbonyl (C=O) groups is 2. The number of alkyl carbamates (subject to hydrolysis) is 1. The van der Waals surface area contributed by atoms with E-state index in [2.05, 4.69) is 10.6 Å². The fraction of sp³-hybridized carbons (Fsp3) is 0.364. The Morgan fingerprint density at radius 2 is 1.80 bits per heavy atom. The molecule has 2 aromatic carbocycles. The van der Waals surface area contributed by atoms with E-state index < -0.39 is 11.7 Å². The molecule has 7 nitrogen and oxygen atoms in total. The Morgan fingerprint density at radius 3 is 2.37 bits per heavy atom. The lowest BCUT2D eigenvalue weighted by Crippen LogP contribution is -2.34. The molecule has 2 amide bonds. The highest BCUT2D eigenvalue weighted by atomic mass is 35.5. The Morgan fingerprint density at radius 1 is 1.13 bits per heavy atom. The molecule has 4 N–H and O–H groups in total. The number of benzene rings is 2. The van der Waals surface area contributed by atoms with E-state index in [1.54, 1.807) is 52.0 Å². The first-order valence-corrected chi connectivity index (χ1v) is 9.97. The zero-order valence-corrected chi connectivity index (χ0v) is 18.4. The molecule has 0 fully saturated rings. The number of rotatable bonds is 7. The first-order chi connectivity index (χ1) is 14.1. The summed E-state index contributed by atoms with van der Waals surface area (Å²) in [4.78, 5) is 24.2. The molecule has 0 heterocycles. The molecule has 0 atom stereocenters. The quantitative estimate of drug-likeness (QED) is 0.566. The molecule has 2 rings (SSSR count). The van der Waals surface area contributed by atoms with E-state index in [1.807, 2.05) is 12.1 Å². The maximum atomic E-state index is 12.5. The van der Waals surface area contributed by atoms with Crippen LogP contribution in [0, 0.1) is 6.92 Å². The van der Waals surface area contributed by atoms with Crippen LogP contribution in [0.4, 0.5) is 10.5 Å². The third kappa shape index (κ3) is 7.24. The zero-order valence-electron chi connectivity index (χ0n) is 17.7. The lowest BCUT2D eigenvalue weighted by molar-refractivity contribution is 0.0520. The Kier molecular flexibility index (Phi) is 8.08. The average molecular weight is 434 g/mol. The van der Waals surface area contributed by atoms with Gasteiger partial charge in [0, 0.05) is 17.8 Å². The summed E-state index contributed by atoms with van der Waals surface area (Å²) in [6, 6.07) is 10.6. The van der Waals surface area contributed by atoms with E-state index in [1.165, 1.54) is 0 Å². The summed E-state index contributed by atoms with van der Waals surface area (Å²) in [5.74, 6) is 0.185. The molecule has 0 spiro atoms. The van der Waals surface area contributed by atoms with Crippen LogP contribution >= 0.6 is 11.6 Å². The van der Waals surface area contributed by atoms with Crippen molar-refractivity contribution >= 4 is 29.3 Å². The average Bonchev–Trinajstić information content (AvgIpc) is 2.65. The first kappa shape index (κ1) is 23.5. The van der Waals surface area contributed by atoms with Gasteiger partial charge in [-0.15, -0.1) is 0 Å². The molecule has 0 saturated carbocycles. The summed E-state index contributed by atoms with van der Waals surface area (Å²) in [6.45, 7) is 8.08. The van der Waals surface area contributed by atoms with Gasteiger partial charge in [0.1, 0.15) is 18.0 Å². The van der Waals surface area contributed by atoms with Crippen molar-refractivity contribution in [2.24, 2.45) is 5.73 Å². The van der Waals surface area contributed by atoms with Gasteiger partial charge < -0.3 is 25.8 Å². The SMILES string of the molecule is Cc1cc(C(=O)Nc2ccc(CN)cc2)cc(Cl)c1OCCNC(=O)OC(C)(C)C. The Hall–Kier alpha value is -2.77. The van der Waals surface area contributed by atoms with Crippen molar-refractivity contribution in [3.05, 3.63) is 58.1 Å². The number of amides is 2. The number of nitrogens with two attached hydrogens (primary N) is 1. The lowest BCUT2D eigenvalue weighted by atomic mass is 10.1. The van der Waals surface area contributed by atoms with E-state index in [4.69, 9.17) is 26.8 Å². The monoisotopic (exact) mass is 433 g/mol. The second-order valence-corrected chi connectivity index (χ2v) is 8.14. The second kappa shape index (κ2) is 10.3. The van der Waals surface area contributed by atoms with E-state index in [-0.39, 0.29) is 19.1 Å². The molecule has 2 aromatic rings. The van der Waals surface area contributed by atoms with Gasteiger partial charge in [-0.1, -0.05) is 23.7 Å². The lowest BCUT2D eigenvalue weighted by Gasteiger charge is -2.20. The fourth-order valence-corrected chi connectivity index (χ4v) is 2.91. The predicted octanol–water partition coefficient (Wildman–Crippen LogP) is 4.26. The van der Waals surface area contributed by atoms with Crippen molar-refractivity contribution in [1.29, 1.82) is 0 Å². The van der Waals surface area contributed by atoms with Crippen molar-refractivity contribution < 1.29 is 19.1 Å². The van der Waals surface area contributed by atoms with Gasteiger partial charge in [-0.3, -0.25) is 4.79 Å². The number of ether oxygens (including phenoxy) is 2. The number of anilines is 1. The molecule has 0 aromatic heterocycles. The van der Waals surface area contributed by atoms with E-state index in [0.717, 1.165) is 5.56 Å². The van der Waals surface area contributed by atoms with Gasteiger partial charge in [-0.25, -0.2) is 4.79 Å². The van der Waals surface area contributed by atoms with Gasteiger partial charge in [0.05, 0.1) is 11.6 Å². The largest absolute Gasteiger partial charge is 0.490 e. The zero-order chi connectivity index (χ0) is 22.3. The maximum Gasteiger partial charge on any atom is 0.407 e. The van der Waals surface area contributed by atoms with Gasteiger partial charge in [0.25, 0.3) is 5.91 Å². The van der Waals surface area contributed by atoms with Crippen LogP contribution in [0.3, 0.4) is 0 Å². The van der Waals surface area contributed by atoms with Gasteiger partial charge in [0.2, 0.25) is 0 Å². The Balaban J connectivity index is 1.94. The van der Waals surface area contributed by atoms with E-state index in [0.29, 0.717) is 34.1 Å². The minimum absolute atomic E-state index is 0.207. The number of aryl methyl sites for hydroxylation is 1. The molecule has 0 aliphatic heterocycles. The van der Waals surface area contributed by atoms with Gasteiger partial charge in [0.15, 0.2) is 0 Å². The smallest absolute Gasteiger partial charge is 0.407 e. The van der Waals surface area contributed by atoms with Crippen LogP contribution in [-0.4, -0.2) is 30.8 Å². The summed E-state index contributed by atoms with van der Waals surface area (Å²) in [5.41, 5.74) is 7.79. The van der Waals surface area contributed by atoms with Crippen LogP contribution in [0.1, 0.15) is 42.3 Å². The third-order valence-corrected chi connectivity index (χ3v) is 4.24. The highest BCUT2D eigenvalue weighted by Gasteiger charge is 2.16. The third-order valence-electron chi connectivity index (χ3n) is 3.96. The number of hydrogen-bond acceptors (Lipinski definition) is 5. The topological polar surface area (TPSA) is 103 Å². The summed E-state index contributed by atoms with van der Waals surface area (Å²) >= 11 is 6.32. The highest BCUT2D eigenvalue weighted by molar-refractivity contribution is 6.32. The molecule has 0 radical (unpaired) electrons. The number of carbonyl (C=O) groups excluding carboxylic acids is 2. The van der Waals surface area contributed by atoms with E-state index in [9.17, 15) is 9.59 Å². The molecule has 0 unspecified atom stereocenters. The fourth-order valence-electron chi connectivity index (χ4n) is 2.59. The molecule has 0 aliphatic carbocycles. The predicted molar refractivity (Wildman–Crippen MR) is 118 cm³/mol. The van der Waals surface area contributed by atoms with Crippen molar-refractivity contribution in [1.82, 2.24) is 5.32 Å². The van der Waals surface area contributed by atoms with E-state index >= 15 is 0 Å². The number of hydrogen-bond donors (Lipinski definition) is 3. The highest BCUT2D eigenvalue weighted by Crippen LogP contribution is 2.30. The van der Waals surface area contributed by atoms with Crippen LogP contribution in [0.5, 0.6) is 5.75 Å². The van der Waals surface area contributed by atoms with Crippen molar-refractivity contribution in [2.45, 2.75) is 39.8 Å². The van der Waals surface area contributed by atoms with Crippen LogP contribution in [0.25, 0.3) is 0 Å². The van der Waals surface area contributed by atoms with Crippen LogP contribution in [0.15, 0.2) is 36.4 Å². The normalized spacial score (nSPS) is 11.0. The minimum Gasteiger partial charge on any atom is -0.490 e. The van der Waals surface area contributed by atoms with Crippen LogP contribution < -0.4 is 21.1 Å². The summed E-state index contributed by atoms with van der Waals surface area (Å²) in [7, 11) is 0. The van der Waals surface area contributed by atoms with Crippen molar-refractivity contribution in [3.63, 3.8) is 0 Å². The first-order valence-electron chi connectivity index (χ1n) is 9.59. The van der Waals surface area contributed by atoms with Crippen LogP contribution in [-0.2, 0) is 11.3 Å². The Bertz CT molecular complexity index is 869. The molecule has 8 heteroatoms. The number of nitrogens with one attached hydrogen (secondary N) is 2. The number of halogens is 1. The molecule has 30 heavy (non-hydrogen) atoms. The molecule has 0 aliphatic rings. The maximum absolute atomic E-state index is 12.5. The van der Waals surface area contributed by atoms with Gasteiger partial charge in [-0.05, 0) is 63.1 Å². The minimum atomic E-state index is -0.562. The Labute approximate surface area is 181 Å². The molecule has 162 valence electrons. The molecule has 0 saturated heterocycles. The van der Waals surface area contributed by atoms with Gasteiger partial charge in [-0.2, -0.15) is 0 Å². The standard InChI is InChI=1S/C22H28ClN3O4/c1-14-11-16(20(27)26-17-7-5-15(13-24)6-8-17)12-18(23)19(14)29-10-9-25-21(28)30-22(2,3)4/h5-8,11-12H,9-10,13,24H2,1-4H3,(H,25,28)(H,26,27). The summed E-state index contributed by atoms with van der Waals surface area (Å²) < 4.78 is 10.8.